The lowest BCUT2D eigenvalue weighted by atomic mass is 10.1. The van der Waals surface area contributed by atoms with Crippen molar-refractivity contribution in [1.29, 1.82) is 0 Å². The Labute approximate surface area is 219 Å². The third kappa shape index (κ3) is 5.29. The molecule has 12 heteroatoms. The van der Waals surface area contributed by atoms with Crippen LogP contribution in [0.1, 0.15) is 16.1 Å². The van der Waals surface area contributed by atoms with Crippen molar-refractivity contribution in [2.45, 2.75) is 6.92 Å². The molecule has 3 N–H and O–H groups in total. The van der Waals surface area contributed by atoms with Gasteiger partial charge in [0.2, 0.25) is 5.82 Å². The predicted molar refractivity (Wildman–Crippen MR) is 145 cm³/mol. The Morgan fingerprint density at radius 3 is 2.37 bits per heavy atom. The maximum atomic E-state index is 12.7. The number of nitro groups is 1. The summed E-state index contributed by atoms with van der Waals surface area (Å²) in [5.41, 5.74) is 3.32. The van der Waals surface area contributed by atoms with Crippen LogP contribution in [0.4, 0.5) is 23.0 Å². The summed E-state index contributed by atoms with van der Waals surface area (Å²) >= 11 is 0.825. The van der Waals surface area contributed by atoms with Gasteiger partial charge < -0.3 is 10.6 Å². The van der Waals surface area contributed by atoms with Gasteiger partial charge in [-0.3, -0.25) is 24.7 Å². The van der Waals surface area contributed by atoms with Crippen LogP contribution in [0.2, 0.25) is 0 Å². The summed E-state index contributed by atoms with van der Waals surface area (Å²) in [6, 6.07) is 22.2. The van der Waals surface area contributed by atoms with Crippen LogP contribution in [0.15, 0.2) is 83.7 Å². The molecule has 0 saturated carbocycles. The van der Waals surface area contributed by atoms with Gasteiger partial charge in [0.1, 0.15) is 5.82 Å². The van der Waals surface area contributed by atoms with Gasteiger partial charge in [0.15, 0.2) is 5.82 Å². The smallest absolute Gasteiger partial charge is 0.323 e. The van der Waals surface area contributed by atoms with Crippen molar-refractivity contribution >= 4 is 40.5 Å². The van der Waals surface area contributed by atoms with Gasteiger partial charge in [-0.25, -0.2) is 9.97 Å². The second-order valence-corrected chi connectivity index (χ2v) is 8.85. The van der Waals surface area contributed by atoms with E-state index in [2.05, 4.69) is 30.0 Å². The zero-order valence-corrected chi connectivity index (χ0v) is 20.7. The lowest BCUT2D eigenvalue weighted by Crippen LogP contribution is -2.13. The molecule has 38 heavy (non-hydrogen) atoms. The molecule has 0 radical (unpaired) electrons. The van der Waals surface area contributed by atoms with Gasteiger partial charge in [0.05, 0.1) is 22.0 Å². The second kappa shape index (κ2) is 10.4. The molecule has 5 aromatic rings. The fourth-order valence-corrected chi connectivity index (χ4v) is 4.14. The molecule has 0 bridgehead atoms. The third-order valence-electron chi connectivity index (χ3n) is 5.58. The van der Waals surface area contributed by atoms with Crippen LogP contribution in [0.5, 0.6) is 0 Å². The van der Waals surface area contributed by atoms with Gasteiger partial charge in [0.25, 0.3) is 5.91 Å². The summed E-state index contributed by atoms with van der Waals surface area (Å²) in [6.07, 6.45) is 0. The Hall–Kier alpha value is -5.23. The summed E-state index contributed by atoms with van der Waals surface area (Å²) < 4.78 is 4.03. The second-order valence-electron chi connectivity index (χ2n) is 8.12. The van der Waals surface area contributed by atoms with Gasteiger partial charge in [-0.1, -0.05) is 42.5 Å². The van der Waals surface area contributed by atoms with Gasteiger partial charge in [0, 0.05) is 34.3 Å². The van der Waals surface area contributed by atoms with Crippen LogP contribution < -0.4 is 15.5 Å². The molecule has 0 saturated heterocycles. The highest BCUT2D eigenvalue weighted by molar-refractivity contribution is 7.03. The van der Waals surface area contributed by atoms with Gasteiger partial charge in [-0.05, 0) is 37.3 Å². The molecule has 0 fully saturated rings. The number of nitrogens with zero attached hydrogens (tertiary/aromatic N) is 4. The van der Waals surface area contributed by atoms with E-state index in [1.165, 1.54) is 6.07 Å². The Kier molecular flexibility index (Phi) is 6.70. The molecule has 0 spiro atoms. The van der Waals surface area contributed by atoms with Crippen molar-refractivity contribution in [1.82, 2.24) is 19.3 Å². The molecule has 0 aliphatic heterocycles. The first-order valence-electron chi connectivity index (χ1n) is 11.3. The number of benzene rings is 2. The topological polar surface area (TPSA) is 156 Å². The standard InChI is InChI=1S/C26H19N7O4S/c1-15-19(28-24-21(33(36)37)13-11-20(29-24)16-5-3-2-4-6-16)12-14-22(27-15)30-25(34)18-9-7-17(8-10-18)23-31-26(35)38-32-23/h2-14H,1H3,(H,28,29)(H,27,30,34)(H,31,32,35). The first-order chi connectivity index (χ1) is 18.4. The van der Waals surface area contributed by atoms with Crippen LogP contribution in [0.25, 0.3) is 22.6 Å². The van der Waals surface area contributed by atoms with E-state index in [-0.39, 0.29) is 22.3 Å². The minimum Gasteiger partial charge on any atom is -0.333 e. The molecule has 2 aromatic carbocycles. The highest BCUT2D eigenvalue weighted by Crippen LogP contribution is 2.30. The molecular weight excluding hydrogens is 506 g/mol. The van der Waals surface area contributed by atoms with Crippen LogP contribution in [-0.4, -0.2) is 30.2 Å². The molecule has 11 nitrogen and oxygen atoms in total. The number of pyridine rings is 2. The number of aromatic nitrogens is 4. The zero-order chi connectivity index (χ0) is 26.6. The fraction of sp³-hybridized carbons (Fsp3) is 0.0385. The van der Waals surface area contributed by atoms with E-state index < -0.39 is 4.92 Å². The fourth-order valence-electron chi connectivity index (χ4n) is 3.67. The van der Waals surface area contributed by atoms with Crippen LogP contribution in [-0.2, 0) is 0 Å². The molecule has 5 rings (SSSR count). The number of aromatic amines is 1. The van der Waals surface area contributed by atoms with Crippen molar-refractivity contribution in [2.75, 3.05) is 10.6 Å². The number of amides is 1. The monoisotopic (exact) mass is 525 g/mol. The van der Waals surface area contributed by atoms with Crippen LogP contribution >= 0.6 is 11.5 Å². The summed E-state index contributed by atoms with van der Waals surface area (Å²) in [6.45, 7) is 1.72. The molecule has 3 heterocycles. The molecule has 0 aliphatic rings. The maximum Gasteiger partial charge on any atom is 0.323 e. The summed E-state index contributed by atoms with van der Waals surface area (Å²) in [5.74, 6) is 0.464. The number of nitrogens with one attached hydrogen (secondary N) is 3. The number of aryl methyl sites for hydroxylation is 1. The number of hydrogen-bond acceptors (Lipinski definition) is 9. The van der Waals surface area contributed by atoms with E-state index in [1.807, 2.05) is 30.3 Å². The van der Waals surface area contributed by atoms with E-state index in [0.717, 1.165) is 17.1 Å². The van der Waals surface area contributed by atoms with E-state index in [0.29, 0.717) is 39.8 Å². The lowest BCUT2D eigenvalue weighted by molar-refractivity contribution is -0.384. The SMILES string of the molecule is Cc1nc(NC(=O)c2ccc(-c3nsc(=O)[nH]3)cc2)ccc1Nc1nc(-c2ccccc2)ccc1[N+](=O)[O-]. The van der Waals surface area contributed by atoms with E-state index >= 15 is 0 Å². The summed E-state index contributed by atoms with van der Waals surface area (Å²) in [7, 11) is 0. The summed E-state index contributed by atoms with van der Waals surface area (Å²) in [5, 5.41) is 17.4. The van der Waals surface area contributed by atoms with Crippen LogP contribution in [0, 0.1) is 17.0 Å². The third-order valence-corrected chi connectivity index (χ3v) is 6.12. The minimum absolute atomic E-state index is 0.0829. The molecule has 0 aliphatic carbocycles. The normalized spacial score (nSPS) is 10.7. The molecule has 1 amide bonds. The Balaban J connectivity index is 1.33. The van der Waals surface area contributed by atoms with E-state index in [4.69, 9.17) is 0 Å². The quantitative estimate of drug-likeness (QED) is 0.194. The van der Waals surface area contributed by atoms with Crippen molar-refractivity contribution in [3.8, 4) is 22.6 Å². The maximum absolute atomic E-state index is 12.7. The Morgan fingerprint density at radius 1 is 0.947 bits per heavy atom. The number of rotatable bonds is 7. The molecular formula is C26H19N7O4S. The predicted octanol–water partition coefficient (Wildman–Crippen LogP) is 5.17. The van der Waals surface area contributed by atoms with Gasteiger partial charge >= 0.3 is 10.6 Å². The van der Waals surface area contributed by atoms with Crippen molar-refractivity contribution < 1.29 is 9.72 Å². The van der Waals surface area contributed by atoms with Crippen molar-refractivity contribution in [3.63, 3.8) is 0 Å². The zero-order valence-electron chi connectivity index (χ0n) is 19.8. The summed E-state index contributed by atoms with van der Waals surface area (Å²) in [4.78, 5) is 46.4. The minimum atomic E-state index is -0.501. The largest absolute Gasteiger partial charge is 0.333 e. The lowest BCUT2D eigenvalue weighted by Gasteiger charge is -2.12. The van der Waals surface area contributed by atoms with Gasteiger partial charge in [-0.15, -0.1) is 0 Å². The van der Waals surface area contributed by atoms with Crippen molar-refractivity contribution in [3.05, 3.63) is 110 Å². The molecule has 0 unspecified atom stereocenters. The highest BCUT2D eigenvalue weighted by atomic mass is 32.1. The van der Waals surface area contributed by atoms with E-state index in [9.17, 15) is 19.7 Å². The van der Waals surface area contributed by atoms with E-state index in [1.54, 1.807) is 49.4 Å². The Morgan fingerprint density at radius 2 is 1.71 bits per heavy atom. The molecule has 0 atom stereocenters. The number of hydrogen-bond donors (Lipinski definition) is 3. The molecule has 188 valence electrons. The molecule has 3 aromatic heterocycles. The number of H-pyrrole nitrogens is 1. The number of carbonyl (C=O) groups excluding carboxylic acids is 1. The highest BCUT2D eigenvalue weighted by Gasteiger charge is 2.18. The van der Waals surface area contributed by atoms with Crippen molar-refractivity contribution in [2.24, 2.45) is 0 Å². The number of anilines is 3. The van der Waals surface area contributed by atoms with Gasteiger partial charge in [-0.2, -0.15) is 4.37 Å². The Bertz CT molecular complexity index is 1700. The average molecular weight is 526 g/mol. The average Bonchev–Trinajstić information content (AvgIpc) is 3.37. The van der Waals surface area contributed by atoms with Crippen LogP contribution in [0.3, 0.4) is 0 Å². The number of carbonyl (C=O) groups is 1. The first kappa shape index (κ1) is 24.5. The first-order valence-corrected chi connectivity index (χ1v) is 12.1.